The number of pyridine rings is 1. The first kappa shape index (κ1) is 11.0. The van der Waals surface area contributed by atoms with Gasteiger partial charge in [-0.15, -0.1) is 0 Å². The summed E-state index contributed by atoms with van der Waals surface area (Å²) in [5.74, 6) is -0.465. The molecule has 0 bridgehead atoms. The highest BCUT2D eigenvalue weighted by Crippen LogP contribution is 2.18. The number of nitrogens with one attached hydrogen (secondary N) is 1. The van der Waals surface area contributed by atoms with E-state index >= 15 is 0 Å². The van der Waals surface area contributed by atoms with Crippen LogP contribution in [0.5, 0.6) is 5.75 Å². The zero-order valence-corrected chi connectivity index (χ0v) is 9.08. The van der Waals surface area contributed by atoms with Crippen molar-refractivity contribution in [3.63, 3.8) is 0 Å². The van der Waals surface area contributed by atoms with Crippen LogP contribution in [-0.2, 0) is 0 Å². The van der Waals surface area contributed by atoms with E-state index in [0.29, 0.717) is 0 Å². The van der Waals surface area contributed by atoms with E-state index in [1.807, 2.05) is 0 Å². The van der Waals surface area contributed by atoms with Crippen LogP contribution in [-0.4, -0.2) is 26.0 Å². The molecule has 17 heavy (non-hydrogen) atoms. The molecule has 0 aromatic carbocycles. The number of amides is 1. The van der Waals surface area contributed by atoms with E-state index in [2.05, 4.69) is 20.3 Å². The Bertz CT molecular complexity index is 539. The van der Waals surface area contributed by atoms with E-state index in [0.717, 1.165) is 5.69 Å². The van der Waals surface area contributed by atoms with Crippen molar-refractivity contribution < 1.29 is 9.90 Å². The standard InChI is InChI=1S/C11H10N4O2/c1-7-5-14-8(6-13-7)11(17)15-10-9(16)3-2-4-12-10/h2-6,16H,1H3,(H,12,15,17). The molecule has 0 radical (unpaired) electrons. The molecule has 2 rings (SSSR count). The van der Waals surface area contributed by atoms with Crippen LogP contribution in [0.4, 0.5) is 5.82 Å². The quantitative estimate of drug-likeness (QED) is 0.807. The fourth-order valence-corrected chi connectivity index (χ4v) is 1.17. The van der Waals surface area contributed by atoms with E-state index in [1.54, 1.807) is 13.0 Å². The van der Waals surface area contributed by atoms with Crippen LogP contribution in [0.25, 0.3) is 0 Å². The molecule has 0 aliphatic rings. The van der Waals surface area contributed by atoms with Crippen LogP contribution in [0.1, 0.15) is 16.2 Å². The van der Waals surface area contributed by atoms with Crippen molar-refractivity contribution in [2.45, 2.75) is 6.92 Å². The molecule has 6 nitrogen and oxygen atoms in total. The predicted molar refractivity (Wildman–Crippen MR) is 60.6 cm³/mol. The number of anilines is 1. The van der Waals surface area contributed by atoms with Crippen molar-refractivity contribution in [3.8, 4) is 5.75 Å². The molecule has 0 saturated carbocycles. The molecule has 2 N–H and O–H groups in total. The Labute approximate surface area is 97.4 Å². The van der Waals surface area contributed by atoms with Gasteiger partial charge in [-0.25, -0.2) is 9.97 Å². The summed E-state index contributed by atoms with van der Waals surface area (Å²) in [6.45, 7) is 1.78. The third-order valence-electron chi connectivity index (χ3n) is 2.03. The second kappa shape index (κ2) is 4.56. The molecule has 1 amide bonds. The first-order valence-corrected chi connectivity index (χ1v) is 4.91. The largest absolute Gasteiger partial charge is 0.504 e. The van der Waals surface area contributed by atoms with Gasteiger partial charge in [0.15, 0.2) is 11.6 Å². The van der Waals surface area contributed by atoms with Gasteiger partial charge >= 0.3 is 0 Å². The summed E-state index contributed by atoms with van der Waals surface area (Å²) < 4.78 is 0. The lowest BCUT2D eigenvalue weighted by molar-refractivity contribution is 0.102. The number of hydrogen-bond acceptors (Lipinski definition) is 5. The maximum absolute atomic E-state index is 11.7. The Morgan fingerprint density at radius 2 is 2.12 bits per heavy atom. The lowest BCUT2D eigenvalue weighted by Crippen LogP contribution is -2.15. The van der Waals surface area contributed by atoms with Crippen LogP contribution in [0.15, 0.2) is 30.7 Å². The van der Waals surface area contributed by atoms with Gasteiger partial charge in [-0.1, -0.05) is 0 Å². The van der Waals surface area contributed by atoms with Crippen LogP contribution >= 0.6 is 0 Å². The minimum atomic E-state index is -0.466. The number of aryl methyl sites for hydroxylation is 1. The second-order valence-corrected chi connectivity index (χ2v) is 3.37. The van der Waals surface area contributed by atoms with Crippen molar-refractivity contribution in [1.29, 1.82) is 0 Å². The van der Waals surface area contributed by atoms with Crippen LogP contribution < -0.4 is 5.32 Å². The smallest absolute Gasteiger partial charge is 0.277 e. The molecule has 0 unspecified atom stereocenters. The van der Waals surface area contributed by atoms with Crippen molar-refractivity contribution in [2.24, 2.45) is 0 Å². The minimum absolute atomic E-state index is 0.0964. The molecule has 0 saturated heterocycles. The summed E-state index contributed by atoms with van der Waals surface area (Å²) in [7, 11) is 0. The van der Waals surface area contributed by atoms with Gasteiger partial charge in [-0.3, -0.25) is 9.78 Å². The zero-order chi connectivity index (χ0) is 12.3. The molecular formula is C11H10N4O2. The molecule has 2 heterocycles. The van der Waals surface area contributed by atoms with Gasteiger partial charge in [0.1, 0.15) is 5.69 Å². The summed E-state index contributed by atoms with van der Waals surface area (Å²) in [5, 5.41) is 11.9. The fraction of sp³-hybridized carbons (Fsp3) is 0.0909. The van der Waals surface area contributed by atoms with Gasteiger partial charge in [0.25, 0.3) is 5.91 Å². The summed E-state index contributed by atoms with van der Waals surface area (Å²) in [6, 6.07) is 3.00. The molecule has 2 aromatic heterocycles. The molecule has 86 valence electrons. The monoisotopic (exact) mass is 230 g/mol. The molecule has 0 atom stereocenters. The van der Waals surface area contributed by atoms with Gasteiger partial charge in [-0.05, 0) is 19.1 Å². The number of aromatic nitrogens is 3. The minimum Gasteiger partial charge on any atom is -0.504 e. The Balaban J connectivity index is 2.17. The molecule has 2 aromatic rings. The first-order valence-electron chi connectivity index (χ1n) is 4.91. The van der Waals surface area contributed by atoms with E-state index in [4.69, 9.17) is 0 Å². The van der Waals surface area contributed by atoms with Gasteiger partial charge in [0, 0.05) is 12.4 Å². The van der Waals surface area contributed by atoms with Crippen molar-refractivity contribution in [1.82, 2.24) is 15.0 Å². The Kier molecular flexibility index (Phi) is 2.95. The third-order valence-corrected chi connectivity index (χ3v) is 2.03. The molecular weight excluding hydrogens is 220 g/mol. The molecule has 6 heteroatoms. The maximum Gasteiger partial charge on any atom is 0.277 e. The van der Waals surface area contributed by atoms with Crippen LogP contribution in [0, 0.1) is 6.92 Å². The summed E-state index contributed by atoms with van der Waals surface area (Å²) in [5.41, 5.74) is 0.892. The van der Waals surface area contributed by atoms with E-state index in [1.165, 1.54) is 24.7 Å². The molecule has 0 spiro atoms. The summed E-state index contributed by atoms with van der Waals surface area (Å²) in [4.78, 5) is 23.4. The number of nitrogens with zero attached hydrogens (tertiary/aromatic N) is 3. The van der Waals surface area contributed by atoms with Crippen molar-refractivity contribution in [3.05, 3.63) is 42.1 Å². The molecule has 0 aliphatic carbocycles. The maximum atomic E-state index is 11.7. The zero-order valence-electron chi connectivity index (χ0n) is 9.08. The average Bonchev–Trinajstić information content (AvgIpc) is 2.33. The van der Waals surface area contributed by atoms with Crippen LogP contribution in [0.3, 0.4) is 0 Å². The highest BCUT2D eigenvalue weighted by atomic mass is 16.3. The molecule has 0 fully saturated rings. The van der Waals surface area contributed by atoms with Crippen LogP contribution in [0.2, 0.25) is 0 Å². The number of carbonyl (C=O) groups is 1. The predicted octanol–water partition coefficient (Wildman–Crippen LogP) is 1.14. The van der Waals surface area contributed by atoms with Crippen molar-refractivity contribution in [2.75, 3.05) is 5.32 Å². The number of hydrogen-bond donors (Lipinski definition) is 2. The number of rotatable bonds is 2. The van der Waals surface area contributed by atoms with Gasteiger partial charge in [-0.2, -0.15) is 0 Å². The van der Waals surface area contributed by atoms with Crippen molar-refractivity contribution >= 4 is 11.7 Å². The summed E-state index contributed by atoms with van der Waals surface area (Å²) >= 11 is 0. The summed E-state index contributed by atoms with van der Waals surface area (Å²) in [6.07, 6.45) is 4.33. The third kappa shape index (κ3) is 2.54. The SMILES string of the molecule is Cc1cnc(C(=O)Nc2ncccc2O)cn1. The van der Waals surface area contributed by atoms with E-state index in [9.17, 15) is 9.90 Å². The molecule has 0 aliphatic heterocycles. The Morgan fingerprint density at radius 3 is 2.76 bits per heavy atom. The lowest BCUT2D eigenvalue weighted by Gasteiger charge is -2.04. The van der Waals surface area contributed by atoms with Gasteiger partial charge < -0.3 is 10.4 Å². The normalized spacial score (nSPS) is 9.94. The number of aromatic hydroxyl groups is 1. The highest BCUT2D eigenvalue weighted by molar-refractivity contribution is 6.02. The Morgan fingerprint density at radius 1 is 1.29 bits per heavy atom. The van der Waals surface area contributed by atoms with E-state index < -0.39 is 5.91 Å². The van der Waals surface area contributed by atoms with Gasteiger partial charge in [0.05, 0.1) is 11.9 Å². The number of carbonyl (C=O) groups excluding carboxylic acids is 1. The van der Waals surface area contributed by atoms with Gasteiger partial charge in [0.2, 0.25) is 0 Å². The van der Waals surface area contributed by atoms with E-state index in [-0.39, 0.29) is 17.3 Å². The second-order valence-electron chi connectivity index (χ2n) is 3.37. The lowest BCUT2D eigenvalue weighted by atomic mass is 10.3. The topological polar surface area (TPSA) is 88.0 Å². The fourth-order valence-electron chi connectivity index (χ4n) is 1.17. The highest BCUT2D eigenvalue weighted by Gasteiger charge is 2.10. The first-order chi connectivity index (χ1) is 8.16. The Hall–Kier alpha value is -2.50. The average molecular weight is 230 g/mol.